The van der Waals surface area contributed by atoms with E-state index < -0.39 is 6.10 Å². The molecule has 0 radical (unpaired) electrons. The summed E-state index contributed by atoms with van der Waals surface area (Å²) in [6, 6.07) is 10.9. The summed E-state index contributed by atoms with van der Waals surface area (Å²) < 4.78 is 5.24. The third kappa shape index (κ3) is 1.88. The maximum absolute atomic E-state index is 10.3. The van der Waals surface area contributed by atoms with Crippen molar-refractivity contribution in [2.75, 3.05) is 0 Å². The number of benzene rings is 1. The topological polar surface area (TPSA) is 46.3 Å². The second-order valence-corrected chi connectivity index (χ2v) is 4.36. The third-order valence-electron chi connectivity index (χ3n) is 2.88. The number of furan rings is 1. The average Bonchev–Trinajstić information content (AvgIpc) is 2.84. The van der Waals surface area contributed by atoms with Gasteiger partial charge in [0.2, 0.25) is 0 Å². The number of pyridine rings is 1. The van der Waals surface area contributed by atoms with Gasteiger partial charge in [-0.15, -0.1) is 0 Å². The minimum absolute atomic E-state index is 0.266. The minimum Gasteiger partial charge on any atom is -0.447 e. The zero-order valence-electron chi connectivity index (χ0n) is 9.38. The molecule has 1 N–H and O–H groups in total. The van der Waals surface area contributed by atoms with Crippen LogP contribution >= 0.6 is 11.6 Å². The number of aromatic nitrogens is 1. The van der Waals surface area contributed by atoms with Crippen LogP contribution in [0.5, 0.6) is 0 Å². The second kappa shape index (κ2) is 4.44. The molecule has 4 heteroatoms. The van der Waals surface area contributed by atoms with Crippen molar-refractivity contribution in [1.82, 2.24) is 4.98 Å². The van der Waals surface area contributed by atoms with Gasteiger partial charge in [0.05, 0.1) is 0 Å². The Labute approximate surface area is 109 Å². The van der Waals surface area contributed by atoms with Gasteiger partial charge in [-0.2, -0.15) is 0 Å². The van der Waals surface area contributed by atoms with Crippen LogP contribution in [0, 0.1) is 0 Å². The molecule has 0 bridgehead atoms. The third-order valence-corrected chi connectivity index (χ3v) is 3.08. The molecule has 90 valence electrons. The van der Waals surface area contributed by atoms with Crippen molar-refractivity contribution in [2.24, 2.45) is 0 Å². The Kier molecular flexibility index (Phi) is 2.78. The van der Waals surface area contributed by atoms with Gasteiger partial charge in [0.25, 0.3) is 0 Å². The fourth-order valence-corrected chi connectivity index (χ4v) is 2.16. The molecule has 0 fully saturated rings. The van der Waals surface area contributed by atoms with E-state index >= 15 is 0 Å². The molecule has 3 nitrogen and oxygen atoms in total. The number of aliphatic hydroxyl groups is 1. The number of rotatable bonds is 2. The molecular formula is C14H10ClNO2. The molecule has 0 aliphatic carbocycles. The number of fused-ring (bicyclic) bond motifs is 1. The standard InChI is InChI=1S/C14H10ClNO2/c15-13-5-4-12(18-13)14(17)10-3-1-2-9-6-7-16-8-11(9)10/h1-8,14,17H. The van der Waals surface area contributed by atoms with Crippen LogP contribution in [-0.2, 0) is 0 Å². The van der Waals surface area contributed by atoms with Crippen LogP contribution in [0.25, 0.3) is 10.8 Å². The molecule has 0 amide bonds. The van der Waals surface area contributed by atoms with Gasteiger partial charge in [-0.05, 0) is 40.7 Å². The van der Waals surface area contributed by atoms with Gasteiger partial charge < -0.3 is 9.52 Å². The van der Waals surface area contributed by atoms with Crippen LogP contribution in [0.4, 0.5) is 0 Å². The lowest BCUT2D eigenvalue weighted by atomic mass is 10.0. The van der Waals surface area contributed by atoms with Crippen LogP contribution in [-0.4, -0.2) is 10.1 Å². The van der Waals surface area contributed by atoms with Gasteiger partial charge in [-0.1, -0.05) is 18.2 Å². The Morgan fingerprint density at radius 1 is 1.17 bits per heavy atom. The van der Waals surface area contributed by atoms with E-state index in [9.17, 15) is 5.11 Å². The molecule has 0 saturated carbocycles. The summed E-state index contributed by atoms with van der Waals surface area (Å²) in [5, 5.41) is 12.5. The second-order valence-electron chi connectivity index (χ2n) is 3.99. The first kappa shape index (κ1) is 11.3. The fourth-order valence-electron chi connectivity index (χ4n) is 2.00. The van der Waals surface area contributed by atoms with Crippen LogP contribution in [0.1, 0.15) is 17.4 Å². The van der Waals surface area contributed by atoms with E-state index in [1.807, 2.05) is 24.3 Å². The highest BCUT2D eigenvalue weighted by atomic mass is 35.5. The normalized spacial score (nSPS) is 12.8. The Hall–Kier alpha value is -1.84. The van der Waals surface area contributed by atoms with Crippen molar-refractivity contribution in [1.29, 1.82) is 0 Å². The highest BCUT2D eigenvalue weighted by Crippen LogP contribution is 2.30. The summed E-state index contributed by atoms with van der Waals surface area (Å²) in [6.45, 7) is 0. The maximum Gasteiger partial charge on any atom is 0.193 e. The SMILES string of the molecule is OC(c1ccc(Cl)o1)c1cccc2ccncc12. The first-order valence-corrected chi connectivity index (χ1v) is 5.89. The summed E-state index contributed by atoms with van der Waals surface area (Å²) in [6.07, 6.45) is 2.62. The summed E-state index contributed by atoms with van der Waals surface area (Å²) in [5.41, 5.74) is 0.756. The van der Waals surface area contributed by atoms with Gasteiger partial charge in [0.1, 0.15) is 11.9 Å². The molecule has 2 aromatic heterocycles. The molecule has 3 aromatic rings. The maximum atomic E-state index is 10.3. The average molecular weight is 260 g/mol. The van der Waals surface area contributed by atoms with E-state index in [0.29, 0.717) is 5.76 Å². The quantitative estimate of drug-likeness (QED) is 0.765. The van der Waals surface area contributed by atoms with E-state index in [1.165, 1.54) is 0 Å². The Morgan fingerprint density at radius 2 is 2.06 bits per heavy atom. The molecule has 2 heterocycles. The van der Waals surface area contributed by atoms with Gasteiger partial charge in [0.15, 0.2) is 5.22 Å². The van der Waals surface area contributed by atoms with Crippen LogP contribution in [0.2, 0.25) is 5.22 Å². The zero-order chi connectivity index (χ0) is 12.5. The molecule has 0 spiro atoms. The van der Waals surface area contributed by atoms with E-state index in [2.05, 4.69) is 4.98 Å². The first-order valence-electron chi connectivity index (χ1n) is 5.51. The highest BCUT2D eigenvalue weighted by molar-refractivity contribution is 6.28. The van der Waals surface area contributed by atoms with E-state index in [4.69, 9.17) is 16.0 Å². The number of hydrogen-bond acceptors (Lipinski definition) is 3. The molecule has 0 aliphatic rings. The van der Waals surface area contributed by atoms with Crippen molar-refractivity contribution < 1.29 is 9.52 Å². The van der Waals surface area contributed by atoms with Gasteiger partial charge in [-0.25, -0.2) is 0 Å². The largest absolute Gasteiger partial charge is 0.447 e. The predicted molar refractivity (Wildman–Crippen MR) is 69.5 cm³/mol. The summed E-state index contributed by atoms with van der Waals surface area (Å²) >= 11 is 5.72. The Balaban J connectivity index is 2.14. The Bertz CT molecular complexity index is 688. The van der Waals surface area contributed by atoms with Crippen molar-refractivity contribution >= 4 is 22.4 Å². The number of hydrogen-bond donors (Lipinski definition) is 1. The smallest absolute Gasteiger partial charge is 0.193 e. The number of aliphatic hydroxyl groups excluding tert-OH is 1. The summed E-state index contributed by atoms with van der Waals surface area (Å²) in [4.78, 5) is 4.09. The van der Waals surface area contributed by atoms with Crippen molar-refractivity contribution in [3.05, 3.63) is 65.3 Å². The van der Waals surface area contributed by atoms with Crippen molar-refractivity contribution in [2.45, 2.75) is 6.10 Å². The summed E-state index contributed by atoms with van der Waals surface area (Å²) in [7, 11) is 0. The fraction of sp³-hybridized carbons (Fsp3) is 0.0714. The monoisotopic (exact) mass is 259 g/mol. The van der Waals surface area contributed by atoms with Crippen LogP contribution < -0.4 is 0 Å². The van der Waals surface area contributed by atoms with Crippen LogP contribution in [0.3, 0.4) is 0 Å². The molecule has 3 rings (SSSR count). The Morgan fingerprint density at radius 3 is 2.83 bits per heavy atom. The molecule has 18 heavy (non-hydrogen) atoms. The predicted octanol–water partition coefficient (Wildman–Crippen LogP) is 3.56. The zero-order valence-corrected chi connectivity index (χ0v) is 10.1. The number of nitrogens with zero attached hydrogens (tertiary/aromatic N) is 1. The van der Waals surface area contributed by atoms with E-state index in [0.717, 1.165) is 16.3 Å². The van der Waals surface area contributed by atoms with Gasteiger partial charge in [-0.3, -0.25) is 4.98 Å². The lowest BCUT2D eigenvalue weighted by molar-refractivity contribution is 0.191. The van der Waals surface area contributed by atoms with E-state index in [1.54, 1.807) is 24.5 Å². The van der Waals surface area contributed by atoms with Crippen molar-refractivity contribution in [3.63, 3.8) is 0 Å². The molecular weight excluding hydrogens is 250 g/mol. The van der Waals surface area contributed by atoms with Gasteiger partial charge in [0, 0.05) is 17.8 Å². The molecule has 1 unspecified atom stereocenters. The lowest BCUT2D eigenvalue weighted by Gasteiger charge is -2.11. The molecule has 1 aromatic carbocycles. The highest BCUT2D eigenvalue weighted by Gasteiger charge is 2.16. The van der Waals surface area contributed by atoms with E-state index in [-0.39, 0.29) is 5.22 Å². The van der Waals surface area contributed by atoms with Crippen LogP contribution in [0.15, 0.2) is 53.2 Å². The first-order chi connectivity index (χ1) is 8.75. The molecule has 0 aliphatic heterocycles. The lowest BCUT2D eigenvalue weighted by Crippen LogP contribution is -1.99. The number of halogens is 1. The molecule has 1 atom stereocenters. The minimum atomic E-state index is -0.842. The summed E-state index contributed by atoms with van der Waals surface area (Å²) in [5.74, 6) is 0.427. The van der Waals surface area contributed by atoms with Crippen molar-refractivity contribution in [3.8, 4) is 0 Å². The van der Waals surface area contributed by atoms with Gasteiger partial charge >= 0.3 is 0 Å². The molecule has 0 saturated heterocycles.